The quantitative estimate of drug-likeness (QED) is 0.914. The van der Waals surface area contributed by atoms with Gasteiger partial charge >= 0.3 is 0 Å². The summed E-state index contributed by atoms with van der Waals surface area (Å²) >= 11 is 3.50. The number of anilines is 1. The van der Waals surface area contributed by atoms with Crippen LogP contribution in [0.2, 0.25) is 0 Å². The molecule has 0 aliphatic carbocycles. The number of ether oxygens (including phenoxy) is 2. The molecule has 0 atom stereocenters. The highest BCUT2D eigenvalue weighted by atomic mass is 79.9. The minimum Gasteiger partial charge on any atom is -0.493 e. The molecule has 0 bridgehead atoms. The van der Waals surface area contributed by atoms with Gasteiger partial charge in [0.1, 0.15) is 5.82 Å². The number of nitrogens with one attached hydrogen (secondary N) is 1. The lowest BCUT2D eigenvalue weighted by atomic mass is 10.1. The smallest absolute Gasteiger partial charge is 0.170 e. The van der Waals surface area contributed by atoms with Gasteiger partial charge in [0.15, 0.2) is 11.5 Å². The average Bonchev–Trinajstić information content (AvgIpc) is 2.78. The molecule has 0 aliphatic rings. The number of methoxy groups -OCH3 is 2. The number of nitrogen functional groups attached to an aromatic ring is 1. The van der Waals surface area contributed by atoms with Gasteiger partial charge in [0.05, 0.1) is 19.9 Å². The highest BCUT2D eigenvalue weighted by Crippen LogP contribution is 2.43. The average molecular weight is 312 g/mol. The molecule has 0 radical (unpaired) electrons. The third kappa shape index (κ3) is 2.03. The van der Waals surface area contributed by atoms with Gasteiger partial charge in [-0.1, -0.05) is 15.9 Å². The molecule has 1 aromatic carbocycles. The van der Waals surface area contributed by atoms with Gasteiger partial charge in [-0.05, 0) is 13.0 Å². The van der Waals surface area contributed by atoms with Crippen LogP contribution in [0.1, 0.15) is 5.56 Å². The molecule has 5 nitrogen and oxygen atoms in total. The summed E-state index contributed by atoms with van der Waals surface area (Å²) in [5.74, 6) is 1.78. The van der Waals surface area contributed by atoms with Crippen LogP contribution in [0.3, 0.4) is 0 Å². The Kier molecular flexibility index (Phi) is 3.47. The topological polar surface area (TPSA) is 73.2 Å². The molecule has 18 heavy (non-hydrogen) atoms. The van der Waals surface area contributed by atoms with E-state index in [-0.39, 0.29) is 0 Å². The second-order valence-corrected chi connectivity index (χ2v) is 4.66. The number of halogens is 1. The fourth-order valence-electron chi connectivity index (χ4n) is 1.83. The molecule has 6 heteroatoms. The molecule has 96 valence electrons. The van der Waals surface area contributed by atoms with Gasteiger partial charge in [0.25, 0.3) is 0 Å². The van der Waals surface area contributed by atoms with E-state index in [2.05, 4.69) is 26.1 Å². The standard InChI is InChI=1S/C12H14BrN3O2/c1-6-8(13)4-7(9-5-10(14)16-15-9)12(18-3)11(6)17-2/h4-5H,1-3H3,(H3,14,15,16). The van der Waals surface area contributed by atoms with Crippen LogP contribution in [0.25, 0.3) is 11.3 Å². The van der Waals surface area contributed by atoms with Gasteiger partial charge in [0.2, 0.25) is 0 Å². The molecular formula is C12H14BrN3O2. The van der Waals surface area contributed by atoms with Crippen molar-refractivity contribution in [2.45, 2.75) is 6.92 Å². The molecule has 1 heterocycles. The summed E-state index contributed by atoms with van der Waals surface area (Å²) in [6.45, 7) is 1.95. The number of hydrogen-bond acceptors (Lipinski definition) is 4. The van der Waals surface area contributed by atoms with Gasteiger partial charge in [-0.3, -0.25) is 5.10 Å². The van der Waals surface area contributed by atoms with E-state index in [1.54, 1.807) is 20.3 Å². The summed E-state index contributed by atoms with van der Waals surface area (Å²) in [6.07, 6.45) is 0. The van der Waals surface area contributed by atoms with Gasteiger partial charge in [-0.15, -0.1) is 0 Å². The number of nitrogens with zero attached hydrogens (tertiary/aromatic N) is 1. The van der Waals surface area contributed by atoms with Crippen molar-refractivity contribution < 1.29 is 9.47 Å². The zero-order valence-electron chi connectivity index (χ0n) is 10.4. The number of H-pyrrole nitrogens is 1. The molecule has 3 N–H and O–H groups in total. The molecule has 2 rings (SSSR count). The van der Waals surface area contributed by atoms with Crippen LogP contribution in [0.15, 0.2) is 16.6 Å². The first-order valence-corrected chi connectivity index (χ1v) is 6.10. The predicted molar refractivity (Wildman–Crippen MR) is 74.0 cm³/mol. The maximum atomic E-state index is 5.62. The Morgan fingerprint density at radius 3 is 2.39 bits per heavy atom. The van der Waals surface area contributed by atoms with Crippen molar-refractivity contribution in [3.05, 3.63) is 22.2 Å². The van der Waals surface area contributed by atoms with Gasteiger partial charge in [-0.25, -0.2) is 0 Å². The van der Waals surface area contributed by atoms with E-state index in [1.807, 2.05) is 13.0 Å². The number of rotatable bonds is 3. The van der Waals surface area contributed by atoms with Crippen LogP contribution in [0, 0.1) is 6.92 Å². The van der Waals surface area contributed by atoms with Gasteiger partial charge in [-0.2, -0.15) is 5.10 Å². The Morgan fingerprint density at radius 1 is 1.22 bits per heavy atom. The molecule has 0 spiro atoms. The van der Waals surface area contributed by atoms with Crippen molar-refractivity contribution >= 4 is 21.7 Å². The first kappa shape index (κ1) is 12.8. The lowest BCUT2D eigenvalue weighted by Crippen LogP contribution is -1.97. The van der Waals surface area contributed by atoms with Crippen molar-refractivity contribution in [3.63, 3.8) is 0 Å². The van der Waals surface area contributed by atoms with Crippen molar-refractivity contribution in [2.24, 2.45) is 0 Å². The lowest BCUT2D eigenvalue weighted by molar-refractivity contribution is 0.353. The molecule has 0 fully saturated rings. The molecule has 0 aliphatic heterocycles. The lowest BCUT2D eigenvalue weighted by Gasteiger charge is -2.15. The third-order valence-corrected chi connectivity index (χ3v) is 3.54. The van der Waals surface area contributed by atoms with E-state index < -0.39 is 0 Å². The van der Waals surface area contributed by atoms with Crippen LogP contribution in [-0.4, -0.2) is 24.4 Å². The number of aromatic nitrogens is 2. The maximum absolute atomic E-state index is 5.62. The van der Waals surface area contributed by atoms with E-state index in [9.17, 15) is 0 Å². The van der Waals surface area contributed by atoms with Gasteiger partial charge < -0.3 is 15.2 Å². The Morgan fingerprint density at radius 2 is 1.89 bits per heavy atom. The van der Waals surface area contributed by atoms with E-state index in [4.69, 9.17) is 15.2 Å². The highest BCUT2D eigenvalue weighted by Gasteiger charge is 2.18. The van der Waals surface area contributed by atoms with E-state index >= 15 is 0 Å². The number of aromatic amines is 1. The summed E-state index contributed by atoms with van der Waals surface area (Å²) in [7, 11) is 3.22. The molecular weight excluding hydrogens is 298 g/mol. The van der Waals surface area contributed by atoms with Crippen molar-refractivity contribution in [1.29, 1.82) is 0 Å². The summed E-state index contributed by atoms with van der Waals surface area (Å²) in [4.78, 5) is 0. The fraction of sp³-hybridized carbons (Fsp3) is 0.250. The fourth-order valence-corrected chi connectivity index (χ4v) is 2.23. The van der Waals surface area contributed by atoms with Crippen LogP contribution in [-0.2, 0) is 0 Å². The van der Waals surface area contributed by atoms with E-state index in [0.717, 1.165) is 21.3 Å². The highest BCUT2D eigenvalue weighted by molar-refractivity contribution is 9.10. The summed E-state index contributed by atoms with van der Waals surface area (Å²) in [6, 6.07) is 3.70. The van der Waals surface area contributed by atoms with E-state index in [0.29, 0.717) is 17.3 Å². The molecule has 0 saturated carbocycles. The summed E-state index contributed by atoms with van der Waals surface area (Å²) < 4.78 is 11.8. The monoisotopic (exact) mass is 311 g/mol. The molecule has 0 saturated heterocycles. The first-order chi connectivity index (χ1) is 8.58. The van der Waals surface area contributed by atoms with Gasteiger partial charge in [0, 0.05) is 21.7 Å². The Balaban J connectivity index is 2.70. The second-order valence-electron chi connectivity index (χ2n) is 3.80. The molecule has 1 aromatic heterocycles. The zero-order chi connectivity index (χ0) is 13.3. The maximum Gasteiger partial charge on any atom is 0.170 e. The number of nitrogens with two attached hydrogens (primary N) is 1. The zero-order valence-corrected chi connectivity index (χ0v) is 12.0. The minimum atomic E-state index is 0.433. The third-order valence-electron chi connectivity index (χ3n) is 2.72. The summed E-state index contributed by atoms with van der Waals surface area (Å²) in [5.41, 5.74) is 8.22. The Labute approximate surface area is 113 Å². The number of hydrogen-bond donors (Lipinski definition) is 2. The second kappa shape index (κ2) is 4.89. The minimum absolute atomic E-state index is 0.433. The predicted octanol–water partition coefficient (Wildman–Crippen LogP) is 2.75. The Bertz CT molecular complexity index is 581. The van der Waals surface area contributed by atoms with Crippen LogP contribution < -0.4 is 15.2 Å². The molecule has 0 unspecified atom stereocenters. The SMILES string of the molecule is COc1c(-c2cc(N)n[nH]2)cc(Br)c(C)c1OC. The van der Waals surface area contributed by atoms with Crippen molar-refractivity contribution in [1.82, 2.24) is 10.2 Å². The van der Waals surface area contributed by atoms with E-state index in [1.165, 1.54) is 0 Å². The van der Waals surface area contributed by atoms with Crippen LogP contribution >= 0.6 is 15.9 Å². The van der Waals surface area contributed by atoms with Crippen LogP contribution in [0.4, 0.5) is 5.82 Å². The largest absolute Gasteiger partial charge is 0.493 e. The first-order valence-electron chi connectivity index (χ1n) is 5.30. The van der Waals surface area contributed by atoms with Crippen molar-refractivity contribution in [3.8, 4) is 22.8 Å². The molecule has 0 amide bonds. The summed E-state index contributed by atoms with van der Waals surface area (Å²) in [5, 5.41) is 6.78. The number of benzene rings is 1. The Hall–Kier alpha value is -1.69. The van der Waals surface area contributed by atoms with Crippen molar-refractivity contribution in [2.75, 3.05) is 20.0 Å². The van der Waals surface area contributed by atoms with Crippen LogP contribution in [0.5, 0.6) is 11.5 Å². The normalized spacial score (nSPS) is 10.4. The molecule has 2 aromatic rings.